The van der Waals surface area contributed by atoms with E-state index in [2.05, 4.69) is 11.6 Å². The van der Waals surface area contributed by atoms with Crippen molar-refractivity contribution in [3.63, 3.8) is 0 Å². The van der Waals surface area contributed by atoms with E-state index in [0.29, 0.717) is 25.4 Å². The summed E-state index contributed by atoms with van der Waals surface area (Å²) in [5.41, 5.74) is 1.18. The first-order valence-electron chi connectivity index (χ1n) is 10.9. The second-order valence-corrected chi connectivity index (χ2v) is 10.4. The highest BCUT2D eigenvalue weighted by Gasteiger charge is 2.50. The van der Waals surface area contributed by atoms with E-state index in [9.17, 15) is 13.2 Å². The maximum Gasteiger partial charge on any atom is 0.240 e. The van der Waals surface area contributed by atoms with E-state index in [1.165, 1.54) is 5.56 Å². The molecule has 0 radical (unpaired) electrons. The molecule has 0 bridgehead atoms. The van der Waals surface area contributed by atoms with Crippen molar-refractivity contribution < 1.29 is 17.9 Å². The van der Waals surface area contributed by atoms with Gasteiger partial charge in [-0.3, -0.25) is 4.79 Å². The van der Waals surface area contributed by atoms with Crippen LogP contribution in [0.25, 0.3) is 0 Å². The monoisotopic (exact) mass is 442 g/mol. The molecule has 1 saturated heterocycles. The molecule has 1 saturated carbocycles. The number of ether oxygens (including phenoxy) is 1. The molecule has 0 spiro atoms. The Bertz CT molecular complexity index is 1010. The van der Waals surface area contributed by atoms with Crippen LogP contribution < -0.4 is 9.46 Å². The van der Waals surface area contributed by atoms with Crippen LogP contribution in [0.4, 0.5) is 0 Å². The number of carbonyl (C=O) groups excluding carboxylic acids is 1. The molecule has 0 unspecified atom stereocenters. The summed E-state index contributed by atoms with van der Waals surface area (Å²) < 4.78 is 33.2. The molecule has 2 aromatic rings. The van der Waals surface area contributed by atoms with Gasteiger partial charge in [-0.2, -0.15) is 0 Å². The van der Waals surface area contributed by atoms with Gasteiger partial charge in [-0.15, -0.1) is 0 Å². The third-order valence-corrected chi connectivity index (χ3v) is 8.32. The fourth-order valence-corrected chi connectivity index (χ4v) is 6.26. The Labute approximate surface area is 184 Å². The quantitative estimate of drug-likeness (QED) is 0.682. The molecule has 31 heavy (non-hydrogen) atoms. The van der Waals surface area contributed by atoms with Crippen LogP contribution in [0, 0.1) is 17.8 Å². The number of carbonyl (C=O) groups is 1. The number of benzene rings is 2. The Balaban J connectivity index is 1.38. The number of nitrogens with zero attached hydrogens (tertiary/aromatic N) is 1. The van der Waals surface area contributed by atoms with Crippen LogP contribution in [0.5, 0.6) is 5.75 Å². The van der Waals surface area contributed by atoms with Gasteiger partial charge in [0.05, 0.1) is 12.0 Å². The number of likely N-dealkylation sites (tertiary alicyclic amines) is 1. The Morgan fingerprint density at radius 2 is 1.81 bits per heavy atom. The Morgan fingerprint density at radius 3 is 2.48 bits per heavy atom. The Morgan fingerprint density at radius 1 is 1.10 bits per heavy atom. The molecule has 1 amide bonds. The maximum atomic E-state index is 12.8. The average molecular weight is 443 g/mol. The van der Waals surface area contributed by atoms with Gasteiger partial charge in [0.2, 0.25) is 15.9 Å². The number of rotatable bonds is 8. The first-order valence-corrected chi connectivity index (χ1v) is 12.3. The van der Waals surface area contributed by atoms with E-state index >= 15 is 0 Å². The zero-order valence-corrected chi connectivity index (χ0v) is 18.8. The highest BCUT2D eigenvalue weighted by atomic mass is 32.2. The number of hydrogen-bond acceptors (Lipinski definition) is 4. The van der Waals surface area contributed by atoms with E-state index < -0.39 is 10.0 Å². The van der Waals surface area contributed by atoms with E-state index in [1.54, 1.807) is 37.4 Å². The average Bonchev–Trinajstić information content (AvgIpc) is 3.24. The van der Waals surface area contributed by atoms with E-state index in [4.69, 9.17) is 4.74 Å². The number of fused-ring (bicyclic) bond motifs is 1. The van der Waals surface area contributed by atoms with Crippen molar-refractivity contribution in [2.24, 2.45) is 17.8 Å². The number of methoxy groups -OCH3 is 1. The summed E-state index contributed by atoms with van der Waals surface area (Å²) >= 11 is 0. The summed E-state index contributed by atoms with van der Waals surface area (Å²) in [6.45, 7) is 3.24. The first-order chi connectivity index (χ1) is 14.9. The van der Waals surface area contributed by atoms with Crippen molar-refractivity contribution in [2.45, 2.75) is 37.1 Å². The van der Waals surface area contributed by atoms with Gasteiger partial charge in [0.1, 0.15) is 5.75 Å². The van der Waals surface area contributed by atoms with Crippen molar-refractivity contribution in [1.82, 2.24) is 9.62 Å². The minimum atomic E-state index is -3.54. The third-order valence-electron chi connectivity index (χ3n) is 6.88. The van der Waals surface area contributed by atoms with Crippen molar-refractivity contribution in [3.05, 3.63) is 60.2 Å². The normalized spacial score (nSPS) is 25.6. The lowest BCUT2D eigenvalue weighted by atomic mass is 9.89. The van der Waals surface area contributed by atoms with Gasteiger partial charge < -0.3 is 9.64 Å². The zero-order valence-electron chi connectivity index (χ0n) is 18.0. The second-order valence-electron chi connectivity index (χ2n) is 8.66. The Kier molecular flexibility index (Phi) is 6.34. The number of amides is 1. The van der Waals surface area contributed by atoms with Crippen molar-refractivity contribution in [1.29, 1.82) is 0 Å². The topological polar surface area (TPSA) is 75.7 Å². The lowest BCUT2D eigenvalue weighted by Crippen LogP contribution is -2.36. The molecule has 7 heteroatoms. The molecule has 1 aliphatic heterocycles. The molecule has 2 fully saturated rings. The molecule has 6 nitrogen and oxygen atoms in total. The fourth-order valence-electron chi connectivity index (χ4n) is 5.16. The zero-order chi connectivity index (χ0) is 22.0. The Hall–Kier alpha value is -2.38. The van der Waals surface area contributed by atoms with Crippen LogP contribution in [-0.4, -0.2) is 45.5 Å². The van der Waals surface area contributed by atoms with Gasteiger partial charge in [0, 0.05) is 25.6 Å². The largest absolute Gasteiger partial charge is 0.497 e. The van der Waals surface area contributed by atoms with Crippen molar-refractivity contribution >= 4 is 15.9 Å². The van der Waals surface area contributed by atoms with Crippen molar-refractivity contribution in [3.8, 4) is 5.75 Å². The molecule has 1 aliphatic carbocycles. The number of sulfonamides is 1. The van der Waals surface area contributed by atoms with E-state index in [1.807, 2.05) is 29.2 Å². The molecule has 2 aromatic carbocycles. The van der Waals surface area contributed by atoms with E-state index in [-0.39, 0.29) is 28.7 Å². The summed E-state index contributed by atoms with van der Waals surface area (Å²) in [5.74, 6) is 1.75. The van der Waals surface area contributed by atoms with Gasteiger partial charge in [0.25, 0.3) is 0 Å². The van der Waals surface area contributed by atoms with Gasteiger partial charge in [-0.25, -0.2) is 13.1 Å². The summed E-state index contributed by atoms with van der Waals surface area (Å²) in [4.78, 5) is 15.1. The van der Waals surface area contributed by atoms with Crippen LogP contribution in [0.15, 0.2) is 59.5 Å². The fraction of sp³-hybridized carbons (Fsp3) is 0.458. The lowest BCUT2D eigenvalue weighted by molar-refractivity contribution is -0.129. The predicted octanol–water partition coefficient (Wildman–Crippen LogP) is 3.09. The minimum Gasteiger partial charge on any atom is -0.497 e. The predicted molar refractivity (Wildman–Crippen MR) is 119 cm³/mol. The molecule has 1 heterocycles. The molecule has 2 aliphatic rings. The molecular weight excluding hydrogens is 412 g/mol. The molecular formula is C24H30N2O4S. The second kappa shape index (κ2) is 9.01. The van der Waals surface area contributed by atoms with Gasteiger partial charge >= 0.3 is 0 Å². The minimum absolute atomic E-state index is 0.165. The summed E-state index contributed by atoms with van der Waals surface area (Å²) in [7, 11) is -1.89. The van der Waals surface area contributed by atoms with Crippen LogP contribution in [-0.2, 0) is 21.2 Å². The molecule has 1 N–H and O–H groups in total. The standard InChI is InChI=1S/C24H30N2O4S/c1-17-14-23-21(22(17)16-25-31(28,29)20-6-4-3-5-7-20)15-24(27)26(23)13-12-18-8-10-19(30-2)11-9-18/h3-11,17,21-23,25H,12-16H2,1-2H3/t17-,21-,22+,23+/m0/s1. The maximum absolute atomic E-state index is 12.8. The SMILES string of the molecule is COc1ccc(CCN2C(=O)C[C@H]3[C@H](CNS(=O)(=O)c4ccccc4)[C@@H](C)C[C@H]32)cc1. The van der Waals surface area contributed by atoms with Crippen LogP contribution >= 0.6 is 0 Å². The molecule has 4 atom stereocenters. The van der Waals surface area contributed by atoms with Gasteiger partial charge in [-0.05, 0) is 60.4 Å². The van der Waals surface area contributed by atoms with E-state index in [0.717, 1.165) is 18.6 Å². The summed E-state index contributed by atoms with van der Waals surface area (Å²) in [6.07, 6.45) is 2.24. The van der Waals surface area contributed by atoms with Crippen LogP contribution in [0.2, 0.25) is 0 Å². The smallest absolute Gasteiger partial charge is 0.240 e. The highest BCUT2D eigenvalue weighted by Crippen LogP contribution is 2.45. The van der Waals surface area contributed by atoms with Crippen LogP contribution in [0.1, 0.15) is 25.3 Å². The third kappa shape index (κ3) is 4.62. The molecule has 0 aromatic heterocycles. The number of hydrogen-bond donors (Lipinski definition) is 1. The van der Waals surface area contributed by atoms with Crippen molar-refractivity contribution in [2.75, 3.05) is 20.2 Å². The summed E-state index contributed by atoms with van der Waals surface area (Å²) in [6, 6.07) is 16.6. The molecule has 4 rings (SSSR count). The molecule has 166 valence electrons. The van der Waals surface area contributed by atoms with Gasteiger partial charge in [0.15, 0.2) is 0 Å². The van der Waals surface area contributed by atoms with Crippen LogP contribution in [0.3, 0.4) is 0 Å². The van der Waals surface area contributed by atoms with Gasteiger partial charge in [-0.1, -0.05) is 37.3 Å². The summed E-state index contributed by atoms with van der Waals surface area (Å²) in [5, 5.41) is 0. The number of nitrogens with one attached hydrogen (secondary N) is 1. The first kappa shape index (κ1) is 21.8. The lowest BCUT2D eigenvalue weighted by Gasteiger charge is -2.24. The highest BCUT2D eigenvalue weighted by molar-refractivity contribution is 7.89.